The van der Waals surface area contributed by atoms with Gasteiger partial charge in [0.25, 0.3) is 0 Å². The third kappa shape index (κ3) is 6.21. The number of nitrogens with two attached hydrogens (primary N) is 1. The molecule has 0 aliphatic heterocycles. The summed E-state index contributed by atoms with van der Waals surface area (Å²) in [5.74, 6) is 2.54. The van der Waals surface area contributed by atoms with Gasteiger partial charge in [0, 0.05) is 28.3 Å². The minimum atomic E-state index is -0.847. The molecule has 0 saturated carbocycles. The van der Waals surface area contributed by atoms with E-state index in [1.54, 1.807) is 0 Å². The van der Waals surface area contributed by atoms with Gasteiger partial charge in [-0.25, -0.2) is 0 Å². The van der Waals surface area contributed by atoms with Gasteiger partial charge in [-0.2, -0.15) is 0 Å². The summed E-state index contributed by atoms with van der Waals surface area (Å²) in [6.45, 7) is 6.95. The van der Waals surface area contributed by atoms with E-state index in [2.05, 4.69) is 20.8 Å². The summed E-state index contributed by atoms with van der Waals surface area (Å²) >= 11 is 0. The van der Waals surface area contributed by atoms with Crippen molar-refractivity contribution < 1.29 is 8.95 Å². The van der Waals surface area contributed by atoms with Gasteiger partial charge >= 0.3 is 0 Å². The van der Waals surface area contributed by atoms with Crippen molar-refractivity contribution in [2.45, 2.75) is 33.2 Å². The molecule has 3 nitrogen and oxygen atoms in total. The van der Waals surface area contributed by atoms with Gasteiger partial charge in [-0.3, -0.25) is 4.21 Å². The third-order valence-corrected chi connectivity index (χ3v) is 4.44. The van der Waals surface area contributed by atoms with Gasteiger partial charge in [-0.15, -0.1) is 0 Å². The molecule has 1 aromatic carbocycles. The Morgan fingerprint density at radius 3 is 2.37 bits per heavy atom. The number of ether oxygens (including phenoxy) is 1. The van der Waals surface area contributed by atoms with Crippen LogP contribution in [-0.2, 0) is 10.8 Å². The van der Waals surface area contributed by atoms with Gasteiger partial charge in [0.1, 0.15) is 5.75 Å². The predicted octanol–water partition coefficient (Wildman–Crippen LogP) is 2.88. The van der Waals surface area contributed by atoms with E-state index in [9.17, 15) is 4.21 Å². The molecule has 4 heteroatoms. The van der Waals surface area contributed by atoms with E-state index in [4.69, 9.17) is 10.5 Å². The summed E-state index contributed by atoms with van der Waals surface area (Å²) in [5, 5.41) is 0. The van der Waals surface area contributed by atoms with E-state index >= 15 is 0 Å². The van der Waals surface area contributed by atoms with Crippen LogP contribution in [-0.4, -0.2) is 22.3 Å². The van der Waals surface area contributed by atoms with Crippen LogP contribution in [0.5, 0.6) is 5.75 Å². The lowest BCUT2D eigenvalue weighted by Gasteiger charge is -2.13. The Balaban J connectivity index is 2.52. The van der Waals surface area contributed by atoms with Crippen LogP contribution < -0.4 is 10.5 Å². The maximum Gasteiger partial charge on any atom is 0.119 e. The first kappa shape index (κ1) is 16.2. The number of hydrogen-bond acceptors (Lipinski definition) is 3. The maximum atomic E-state index is 11.9. The molecule has 0 amide bonds. The van der Waals surface area contributed by atoms with E-state index in [-0.39, 0.29) is 6.04 Å². The third-order valence-electron chi connectivity index (χ3n) is 2.67. The van der Waals surface area contributed by atoms with Crippen molar-refractivity contribution in [1.29, 1.82) is 0 Å². The number of rotatable bonds is 8. The highest BCUT2D eigenvalue weighted by Gasteiger charge is 2.11. The highest BCUT2D eigenvalue weighted by Crippen LogP contribution is 2.17. The van der Waals surface area contributed by atoms with Crippen LogP contribution in [0, 0.1) is 5.92 Å². The molecule has 0 aliphatic rings. The summed E-state index contributed by atoms with van der Waals surface area (Å²) in [6.07, 6.45) is 0.995. The molecule has 19 heavy (non-hydrogen) atoms. The molecule has 108 valence electrons. The van der Waals surface area contributed by atoms with Crippen molar-refractivity contribution in [3.8, 4) is 5.75 Å². The van der Waals surface area contributed by atoms with Crippen LogP contribution in [0.25, 0.3) is 0 Å². The predicted molar refractivity (Wildman–Crippen MR) is 81.9 cm³/mol. The molecule has 0 radical (unpaired) electrons. The highest BCUT2D eigenvalue weighted by atomic mass is 32.2. The average molecular weight is 283 g/mol. The first-order valence-corrected chi connectivity index (χ1v) is 8.35. The molecule has 2 N–H and O–H groups in total. The highest BCUT2D eigenvalue weighted by molar-refractivity contribution is 7.85. The lowest BCUT2D eigenvalue weighted by molar-refractivity contribution is 0.317. The largest absolute Gasteiger partial charge is 0.494 e. The molecule has 1 aromatic rings. The summed E-state index contributed by atoms with van der Waals surface area (Å²) in [5.41, 5.74) is 7.10. The lowest BCUT2D eigenvalue weighted by Crippen LogP contribution is -2.21. The fourth-order valence-electron chi connectivity index (χ4n) is 1.77. The Labute approximate surface area is 119 Å². The molecule has 0 aromatic heterocycles. The van der Waals surface area contributed by atoms with Gasteiger partial charge in [-0.05, 0) is 30.0 Å². The van der Waals surface area contributed by atoms with Crippen molar-refractivity contribution in [1.82, 2.24) is 0 Å². The van der Waals surface area contributed by atoms with Gasteiger partial charge in [0.15, 0.2) is 0 Å². The minimum absolute atomic E-state index is 0.167. The van der Waals surface area contributed by atoms with Gasteiger partial charge < -0.3 is 10.5 Å². The standard InChI is InChI=1S/C15H25NO2S/c1-4-9-18-14-7-5-13(6-8-14)15(16)11-19(17)10-12(2)3/h5-8,12,15H,4,9-11,16H2,1-3H3. The van der Waals surface area contributed by atoms with Crippen LogP contribution in [0.4, 0.5) is 0 Å². The van der Waals surface area contributed by atoms with E-state index in [1.165, 1.54) is 0 Å². The van der Waals surface area contributed by atoms with Gasteiger partial charge in [0.05, 0.1) is 6.61 Å². The minimum Gasteiger partial charge on any atom is -0.494 e. The van der Waals surface area contributed by atoms with Crippen molar-refractivity contribution in [3.05, 3.63) is 29.8 Å². The molecule has 0 aliphatic carbocycles. The van der Waals surface area contributed by atoms with Crippen molar-refractivity contribution in [2.75, 3.05) is 18.1 Å². The quantitative estimate of drug-likeness (QED) is 0.798. The zero-order valence-corrected chi connectivity index (χ0v) is 12.9. The van der Waals surface area contributed by atoms with E-state index in [0.29, 0.717) is 17.4 Å². The summed E-state index contributed by atoms with van der Waals surface area (Å²) in [7, 11) is -0.847. The molecule has 0 fully saturated rings. The monoisotopic (exact) mass is 283 g/mol. The Morgan fingerprint density at radius 1 is 1.21 bits per heavy atom. The molecule has 0 saturated heterocycles. The molecule has 2 unspecified atom stereocenters. The summed E-state index contributed by atoms with van der Waals surface area (Å²) in [6, 6.07) is 7.61. The second kappa shape index (κ2) is 8.33. The first-order valence-electron chi connectivity index (χ1n) is 6.86. The second-order valence-corrected chi connectivity index (χ2v) is 6.74. The smallest absolute Gasteiger partial charge is 0.119 e. The lowest BCUT2D eigenvalue weighted by atomic mass is 10.1. The molecule has 0 heterocycles. The van der Waals surface area contributed by atoms with Gasteiger partial charge in [-0.1, -0.05) is 32.9 Å². The van der Waals surface area contributed by atoms with Crippen molar-refractivity contribution in [2.24, 2.45) is 11.7 Å². The Bertz CT molecular complexity index is 390. The summed E-state index contributed by atoms with van der Waals surface area (Å²) in [4.78, 5) is 0. The molecular formula is C15H25NO2S. The van der Waals surface area contributed by atoms with Gasteiger partial charge in [0.2, 0.25) is 0 Å². The zero-order chi connectivity index (χ0) is 14.3. The fraction of sp³-hybridized carbons (Fsp3) is 0.600. The van der Waals surface area contributed by atoms with E-state index in [0.717, 1.165) is 24.3 Å². The van der Waals surface area contributed by atoms with Crippen molar-refractivity contribution >= 4 is 10.8 Å². The number of hydrogen-bond donors (Lipinski definition) is 1. The molecule has 1 rings (SSSR count). The van der Waals surface area contributed by atoms with Crippen LogP contribution >= 0.6 is 0 Å². The fourth-order valence-corrected chi connectivity index (χ4v) is 3.24. The summed E-state index contributed by atoms with van der Waals surface area (Å²) < 4.78 is 17.4. The average Bonchev–Trinajstić information content (AvgIpc) is 2.35. The topological polar surface area (TPSA) is 52.3 Å². The second-order valence-electron chi connectivity index (χ2n) is 5.19. The van der Waals surface area contributed by atoms with Crippen molar-refractivity contribution in [3.63, 3.8) is 0 Å². The molecule has 0 bridgehead atoms. The van der Waals surface area contributed by atoms with Crippen LogP contribution in [0.2, 0.25) is 0 Å². The normalized spacial score (nSPS) is 14.4. The Hall–Kier alpha value is -0.870. The van der Waals surface area contributed by atoms with Crippen LogP contribution in [0.15, 0.2) is 24.3 Å². The molecule has 2 atom stereocenters. The Kier molecular flexibility index (Phi) is 7.10. The first-order chi connectivity index (χ1) is 9.02. The van der Waals surface area contributed by atoms with E-state index < -0.39 is 10.8 Å². The molecular weight excluding hydrogens is 258 g/mol. The zero-order valence-electron chi connectivity index (χ0n) is 12.1. The maximum absolute atomic E-state index is 11.9. The SMILES string of the molecule is CCCOc1ccc(C(N)CS(=O)CC(C)C)cc1. The van der Waals surface area contributed by atoms with Crippen LogP contribution in [0.1, 0.15) is 38.8 Å². The Morgan fingerprint density at radius 2 is 1.84 bits per heavy atom. The van der Waals surface area contributed by atoms with Crippen LogP contribution in [0.3, 0.4) is 0 Å². The number of benzene rings is 1. The van der Waals surface area contributed by atoms with E-state index in [1.807, 2.05) is 24.3 Å². The molecule has 0 spiro atoms.